The number of piperazine rings is 1. The van der Waals surface area contributed by atoms with Gasteiger partial charge in [0.15, 0.2) is 5.96 Å². The van der Waals surface area contributed by atoms with Gasteiger partial charge in [0.05, 0.1) is 7.11 Å². The lowest BCUT2D eigenvalue weighted by atomic mass is 10.2. The second-order valence-corrected chi connectivity index (χ2v) is 4.25. The molecule has 2 N–H and O–H groups in total. The van der Waals surface area contributed by atoms with Gasteiger partial charge in [-0.25, -0.2) is 0 Å². The number of halogens is 1. The predicted octanol–water partition coefficient (Wildman–Crippen LogP) is 1.38. The van der Waals surface area contributed by atoms with E-state index >= 15 is 0 Å². The summed E-state index contributed by atoms with van der Waals surface area (Å²) in [7, 11) is 3.41. The molecule has 1 saturated heterocycles. The zero-order valence-corrected chi connectivity index (χ0v) is 13.7. The molecule has 1 heterocycles. The number of benzene rings is 1. The van der Waals surface area contributed by atoms with Crippen LogP contribution in [0.25, 0.3) is 0 Å². The minimum atomic E-state index is 0. The van der Waals surface area contributed by atoms with Crippen LogP contribution >= 0.6 is 24.0 Å². The topological polar surface area (TPSA) is 54.1 Å². The number of hydrogen-bond donors (Lipinski definition) is 1. The van der Waals surface area contributed by atoms with E-state index in [1.165, 1.54) is 5.69 Å². The zero-order valence-electron chi connectivity index (χ0n) is 11.4. The van der Waals surface area contributed by atoms with Crippen molar-refractivity contribution in [1.82, 2.24) is 4.90 Å². The lowest BCUT2D eigenvalue weighted by molar-refractivity contribution is 0.381. The van der Waals surface area contributed by atoms with Crippen LogP contribution in [0.5, 0.6) is 5.75 Å². The van der Waals surface area contributed by atoms with Crippen LogP contribution < -0.4 is 15.4 Å². The number of hydrogen-bond acceptors (Lipinski definition) is 3. The Hall–Kier alpha value is -1.18. The zero-order chi connectivity index (χ0) is 13.0. The maximum Gasteiger partial charge on any atom is 0.191 e. The second kappa shape index (κ2) is 7.42. The van der Waals surface area contributed by atoms with Gasteiger partial charge in [-0.05, 0) is 24.3 Å². The van der Waals surface area contributed by atoms with E-state index in [1.807, 2.05) is 12.1 Å². The Morgan fingerprint density at radius 3 is 2.21 bits per heavy atom. The van der Waals surface area contributed by atoms with E-state index in [1.54, 1.807) is 14.2 Å². The summed E-state index contributed by atoms with van der Waals surface area (Å²) >= 11 is 0. The minimum Gasteiger partial charge on any atom is -0.497 e. The van der Waals surface area contributed by atoms with Crippen LogP contribution in [0.15, 0.2) is 29.3 Å². The Morgan fingerprint density at radius 1 is 1.16 bits per heavy atom. The van der Waals surface area contributed by atoms with Gasteiger partial charge in [-0.1, -0.05) is 0 Å². The summed E-state index contributed by atoms with van der Waals surface area (Å²) in [4.78, 5) is 8.48. The van der Waals surface area contributed by atoms with E-state index in [0.717, 1.165) is 31.9 Å². The first-order valence-corrected chi connectivity index (χ1v) is 6.11. The fourth-order valence-electron chi connectivity index (χ4n) is 2.13. The van der Waals surface area contributed by atoms with Crippen LogP contribution in [-0.4, -0.2) is 51.2 Å². The fourth-order valence-corrected chi connectivity index (χ4v) is 2.13. The number of nitrogens with two attached hydrogens (primary N) is 1. The first-order chi connectivity index (χ1) is 8.74. The Balaban J connectivity index is 0.00000180. The Bertz CT molecular complexity index is 413. The normalized spacial score (nSPS) is 16.0. The average molecular weight is 376 g/mol. The van der Waals surface area contributed by atoms with Gasteiger partial charge in [0.2, 0.25) is 0 Å². The summed E-state index contributed by atoms with van der Waals surface area (Å²) in [6.07, 6.45) is 0. The Morgan fingerprint density at radius 2 is 1.74 bits per heavy atom. The number of rotatable bonds is 2. The van der Waals surface area contributed by atoms with Gasteiger partial charge in [-0.3, -0.25) is 4.99 Å². The van der Waals surface area contributed by atoms with Gasteiger partial charge in [-0.15, -0.1) is 24.0 Å². The Labute approximate surface area is 131 Å². The third-order valence-electron chi connectivity index (χ3n) is 3.27. The van der Waals surface area contributed by atoms with E-state index in [9.17, 15) is 0 Å². The molecule has 0 radical (unpaired) electrons. The Kier molecular flexibility index (Phi) is 6.20. The van der Waals surface area contributed by atoms with Crippen LogP contribution in [0.2, 0.25) is 0 Å². The molecule has 1 aliphatic rings. The largest absolute Gasteiger partial charge is 0.497 e. The molecule has 0 amide bonds. The summed E-state index contributed by atoms with van der Waals surface area (Å²) in [5.74, 6) is 1.52. The van der Waals surface area contributed by atoms with Gasteiger partial charge in [-0.2, -0.15) is 0 Å². The van der Waals surface area contributed by atoms with Crippen molar-refractivity contribution in [3.8, 4) is 5.75 Å². The number of guanidine groups is 1. The number of anilines is 1. The molecule has 1 aliphatic heterocycles. The molecule has 5 nitrogen and oxygen atoms in total. The van der Waals surface area contributed by atoms with Crippen LogP contribution in [0, 0.1) is 0 Å². The maximum absolute atomic E-state index is 5.81. The molecule has 0 unspecified atom stereocenters. The SMILES string of the molecule is CN=C(N)N1CCN(c2ccc(OC)cc2)CC1.I. The van der Waals surface area contributed by atoms with Crippen LogP contribution in [0.3, 0.4) is 0 Å². The molecule has 0 saturated carbocycles. The first-order valence-electron chi connectivity index (χ1n) is 6.11. The van der Waals surface area contributed by atoms with Crippen LogP contribution in [-0.2, 0) is 0 Å². The molecule has 106 valence electrons. The summed E-state index contributed by atoms with van der Waals surface area (Å²) in [6, 6.07) is 8.16. The van der Waals surface area contributed by atoms with Crippen molar-refractivity contribution in [3.05, 3.63) is 24.3 Å². The van der Waals surface area contributed by atoms with Crippen LogP contribution in [0.4, 0.5) is 5.69 Å². The summed E-state index contributed by atoms with van der Waals surface area (Å²) in [5.41, 5.74) is 7.04. The third kappa shape index (κ3) is 3.89. The molecule has 0 aliphatic carbocycles. The van der Waals surface area contributed by atoms with Gasteiger partial charge < -0.3 is 20.3 Å². The third-order valence-corrected chi connectivity index (χ3v) is 3.27. The minimum absolute atomic E-state index is 0. The van der Waals surface area contributed by atoms with E-state index < -0.39 is 0 Å². The van der Waals surface area contributed by atoms with Crippen molar-refractivity contribution >= 4 is 35.6 Å². The highest BCUT2D eigenvalue weighted by Crippen LogP contribution is 2.20. The van der Waals surface area contributed by atoms with E-state index in [0.29, 0.717) is 5.96 Å². The van der Waals surface area contributed by atoms with Crippen molar-refractivity contribution in [3.63, 3.8) is 0 Å². The van der Waals surface area contributed by atoms with Crippen molar-refractivity contribution in [2.24, 2.45) is 10.7 Å². The standard InChI is InChI=1S/C13H20N4O.HI/c1-15-13(14)17-9-7-16(8-10-17)11-3-5-12(18-2)6-4-11;/h3-6H,7-10H2,1-2H3,(H2,14,15);1H. The number of aliphatic imine (C=N–C) groups is 1. The molecule has 0 atom stereocenters. The number of methoxy groups -OCH3 is 1. The van der Waals surface area contributed by atoms with Gasteiger partial charge in [0.1, 0.15) is 5.75 Å². The second-order valence-electron chi connectivity index (χ2n) is 4.25. The first kappa shape index (κ1) is 15.9. The highest BCUT2D eigenvalue weighted by Gasteiger charge is 2.18. The molecule has 1 aromatic rings. The molecular weight excluding hydrogens is 355 g/mol. The molecule has 0 bridgehead atoms. The summed E-state index contributed by atoms with van der Waals surface area (Å²) in [5, 5.41) is 0. The summed E-state index contributed by atoms with van der Waals surface area (Å²) in [6.45, 7) is 3.75. The average Bonchev–Trinajstić information content (AvgIpc) is 2.47. The van der Waals surface area contributed by atoms with Crippen molar-refractivity contribution in [2.75, 3.05) is 45.2 Å². The molecule has 1 aromatic carbocycles. The van der Waals surface area contributed by atoms with Crippen molar-refractivity contribution < 1.29 is 4.74 Å². The smallest absolute Gasteiger partial charge is 0.191 e. The number of ether oxygens (including phenoxy) is 1. The van der Waals surface area contributed by atoms with Gasteiger partial charge >= 0.3 is 0 Å². The molecule has 1 fully saturated rings. The molecule has 6 heteroatoms. The van der Waals surface area contributed by atoms with Crippen LogP contribution in [0.1, 0.15) is 0 Å². The molecular formula is C13H21IN4O. The van der Waals surface area contributed by atoms with E-state index in [-0.39, 0.29) is 24.0 Å². The van der Waals surface area contributed by atoms with Crippen molar-refractivity contribution in [2.45, 2.75) is 0 Å². The lowest BCUT2D eigenvalue weighted by Gasteiger charge is -2.36. The fraction of sp³-hybridized carbons (Fsp3) is 0.462. The summed E-state index contributed by atoms with van der Waals surface area (Å²) < 4.78 is 5.16. The van der Waals surface area contributed by atoms with Gasteiger partial charge in [0, 0.05) is 38.9 Å². The highest BCUT2D eigenvalue weighted by molar-refractivity contribution is 14.0. The molecule has 2 rings (SSSR count). The quantitative estimate of drug-likeness (QED) is 0.482. The monoisotopic (exact) mass is 376 g/mol. The van der Waals surface area contributed by atoms with Crippen molar-refractivity contribution in [1.29, 1.82) is 0 Å². The molecule has 0 spiro atoms. The van der Waals surface area contributed by atoms with E-state index in [2.05, 4.69) is 26.9 Å². The van der Waals surface area contributed by atoms with E-state index in [4.69, 9.17) is 10.5 Å². The number of nitrogens with zero attached hydrogens (tertiary/aromatic N) is 3. The van der Waals surface area contributed by atoms with Gasteiger partial charge in [0.25, 0.3) is 0 Å². The highest BCUT2D eigenvalue weighted by atomic mass is 127. The molecule has 0 aromatic heterocycles. The maximum atomic E-state index is 5.81. The predicted molar refractivity (Wildman–Crippen MR) is 89.7 cm³/mol. The molecule has 19 heavy (non-hydrogen) atoms. The lowest BCUT2D eigenvalue weighted by Crippen LogP contribution is -2.51.